The summed E-state index contributed by atoms with van der Waals surface area (Å²) in [7, 11) is 0. The minimum atomic E-state index is -0.864. The van der Waals surface area contributed by atoms with Gasteiger partial charge in [0.25, 0.3) is 5.56 Å². The van der Waals surface area contributed by atoms with Crippen molar-refractivity contribution >= 4 is 11.8 Å². The third kappa shape index (κ3) is 2.94. The van der Waals surface area contributed by atoms with E-state index in [1.807, 2.05) is 6.92 Å². The molecular formula is C13H19N3O3. The van der Waals surface area contributed by atoms with Crippen LogP contribution in [-0.4, -0.2) is 33.7 Å². The van der Waals surface area contributed by atoms with Crippen molar-refractivity contribution < 1.29 is 9.90 Å². The SMILES string of the molecule is CCN(CC(C)C(=O)O)c1nccn(C2CC2)c1=O. The van der Waals surface area contributed by atoms with E-state index < -0.39 is 11.9 Å². The lowest BCUT2D eigenvalue weighted by molar-refractivity contribution is -0.140. The minimum absolute atomic E-state index is 0.121. The molecule has 0 amide bonds. The van der Waals surface area contributed by atoms with Crippen LogP contribution in [0.5, 0.6) is 0 Å². The fourth-order valence-electron chi connectivity index (χ4n) is 2.05. The molecule has 1 unspecified atom stereocenters. The van der Waals surface area contributed by atoms with Crippen molar-refractivity contribution in [2.45, 2.75) is 32.7 Å². The highest BCUT2D eigenvalue weighted by atomic mass is 16.4. The quantitative estimate of drug-likeness (QED) is 0.834. The van der Waals surface area contributed by atoms with E-state index in [4.69, 9.17) is 5.11 Å². The van der Waals surface area contributed by atoms with Crippen molar-refractivity contribution in [3.8, 4) is 0 Å². The number of aromatic nitrogens is 2. The summed E-state index contributed by atoms with van der Waals surface area (Å²) in [6.07, 6.45) is 5.38. The first-order chi connectivity index (χ1) is 9.04. The summed E-state index contributed by atoms with van der Waals surface area (Å²) in [5, 5.41) is 8.97. The molecule has 1 atom stereocenters. The Hall–Kier alpha value is -1.85. The Morgan fingerprint density at radius 2 is 2.32 bits per heavy atom. The molecule has 0 aromatic carbocycles. The van der Waals surface area contributed by atoms with E-state index in [9.17, 15) is 9.59 Å². The van der Waals surface area contributed by atoms with Crippen molar-refractivity contribution in [3.05, 3.63) is 22.7 Å². The zero-order chi connectivity index (χ0) is 14.0. The fourth-order valence-corrected chi connectivity index (χ4v) is 2.05. The highest BCUT2D eigenvalue weighted by molar-refractivity contribution is 5.70. The summed E-state index contributed by atoms with van der Waals surface area (Å²) in [6.45, 7) is 4.38. The van der Waals surface area contributed by atoms with Crippen molar-refractivity contribution in [1.82, 2.24) is 9.55 Å². The van der Waals surface area contributed by atoms with Crippen LogP contribution in [0.15, 0.2) is 17.2 Å². The molecule has 19 heavy (non-hydrogen) atoms. The van der Waals surface area contributed by atoms with Crippen LogP contribution in [0.3, 0.4) is 0 Å². The summed E-state index contributed by atoms with van der Waals surface area (Å²) in [6, 6.07) is 0.296. The van der Waals surface area contributed by atoms with Crippen molar-refractivity contribution in [2.24, 2.45) is 5.92 Å². The van der Waals surface area contributed by atoms with E-state index >= 15 is 0 Å². The molecule has 1 aromatic heterocycles. The smallest absolute Gasteiger partial charge is 0.308 e. The van der Waals surface area contributed by atoms with Gasteiger partial charge in [-0.1, -0.05) is 6.92 Å². The Morgan fingerprint density at radius 3 is 2.84 bits per heavy atom. The third-order valence-electron chi connectivity index (χ3n) is 3.39. The number of carboxylic acid groups (broad SMARTS) is 1. The summed E-state index contributed by atoms with van der Waals surface area (Å²) in [5.41, 5.74) is -0.121. The second-order valence-electron chi connectivity index (χ2n) is 4.97. The molecule has 104 valence electrons. The number of carboxylic acids is 1. The molecule has 0 saturated heterocycles. The molecule has 6 heteroatoms. The predicted octanol–water partition coefficient (Wildman–Crippen LogP) is 1.13. The molecule has 1 heterocycles. The van der Waals surface area contributed by atoms with Gasteiger partial charge in [-0.3, -0.25) is 9.59 Å². The van der Waals surface area contributed by atoms with Gasteiger partial charge in [0.2, 0.25) is 0 Å². The van der Waals surface area contributed by atoms with Gasteiger partial charge in [-0.15, -0.1) is 0 Å². The molecule has 1 aliphatic carbocycles. The number of aliphatic carboxylic acids is 1. The molecular weight excluding hydrogens is 246 g/mol. The van der Waals surface area contributed by atoms with Crippen LogP contribution in [-0.2, 0) is 4.79 Å². The van der Waals surface area contributed by atoms with E-state index in [-0.39, 0.29) is 5.56 Å². The van der Waals surface area contributed by atoms with Gasteiger partial charge in [0.15, 0.2) is 5.82 Å². The Balaban J connectivity index is 2.25. The molecule has 0 bridgehead atoms. The minimum Gasteiger partial charge on any atom is -0.481 e. The largest absolute Gasteiger partial charge is 0.481 e. The number of rotatable bonds is 6. The van der Waals surface area contributed by atoms with Crippen molar-refractivity contribution in [1.29, 1.82) is 0 Å². The van der Waals surface area contributed by atoms with Gasteiger partial charge in [-0.25, -0.2) is 4.98 Å². The second kappa shape index (κ2) is 5.42. The van der Waals surface area contributed by atoms with Crippen LogP contribution in [0.2, 0.25) is 0 Å². The van der Waals surface area contributed by atoms with Crippen LogP contribution >= 0.6 is 0 Å². The lowest BCUT2D eigenvalue weighted by atomic mass is 10.1. The summed E-state index contributed by atoms with van der Waals surface area (Å²) in [5.74, 6) is -1.04. The van der Waals surface area contributed by atoms with Crippen molar-refractivity contribution in [3.63, 3.8) is 0 Å². The maximum Gasteiger partial charge on any atom is 0.308 e. The third-order valence-corrected chi connectivity index (χ3v) is 3.39. The van der Waals surface area contributed by atoms with Gasteiger partial charge >= 0.3 is 5.97 Å². The van der Waals surface area contributed by atoms with Gasteiger partial charge in [-0.05, 0) is 19.8 Å². The van der Waals surface area contributed by atoms with Crippen LogP contribution < -0.4 is 10.5 Å². The average Bonchev–Trinajstić information content (AvgIpc) is 3.20. The standard InChI is InChI=1S/C13H19N3O3/c1-3-15(8-9(2)13(18)19)11-12(17)16(7-6-14-11)10-4-5-10/h6-7,9-10H,3-5,8H2,1-2H3,(H,18,19). The molecule has 0 aliphatic heterocycles. The fraction of sp³-hybridized carbons (Fsp3) is 0.615. The Labute approximate surface area is 111 Å². The Morgan fingerprint density at radius 1 is 1.63 bits per heavy atom. The van der Waals surface area contributed by atoms with E-state index in [0.29, 0.717) is 24.9 Å². The second-order valence-corrected chi connectivity index (χ2v) is 4.97. The summed E-state index contributed by atoms with van der Waals surface area (Å²) >= 11 is 0. The summed E-state index contributed by atoms with van der Waals surface area (Å²) < 4.78 is 1.70. The maximum atomic E-state index is 12.3. The first-order valence-electron chi connectivity index (χ1n) is 6.59. The molecule has 6 nitrogen and oxygen atoms in total. The molecule has 0 spiro atoms. The number of hydrogen-bond acceptors (Lipinski definition) is 4. The molecule has 2 rings (SSSR count). The zero-order valence-electron chi connectivity index (χ0n) is 11.2. The van der Waals surface area contributed by atoms with Gasteiger partial charge in [-0.2, -0.15) is 0 Å². The molecule has 1 N–H and O–H groups in total. The van der Waals surface area contributed by atoms with Crippen LogP contribution in [0.1, 0.15) is 32.7 Å². The lowest BCUT2D eigenvalue weighted by Gasteiger charge is -2.23. The molecule has 1 aliphatic rings. The van der Waals surface area contributed by atoms with Gasteiger partial charge < -0.3 is 14.6 Å². The average molecular weight is 265 g/mol. The monoisotopic (exact) mass is 265 g/mol. The van der Waals surface area contributed by atoms with E-state index in [2.05, 4.69) is 4.98 Å². The Bertz CT molecular complexity index is 522. The predicted molar refractivity (Wildman–Crippen MR) is 71.5 cm³/mol. The van der Waals surface area contributed by atoms with Gasteiger partial charge in [0, 0.05) is 31.5 Å². The number of carbonyl (C=O) groups is 1. The Kier molecular flexibility index (Phi) is 3.87. The van der Waals surface area contributed by atoms with E-state index in [0.717, 1.165) is 12.8 Å². The van der Waals surface area contributed by atoms with Crippen LogP contribution in [0.4, 0.5) is 5.82 Å². The highest BCUT2D eigenvalue weighted by Crippen LogP contribution is 2.33. The molecule has 0 radical (unpaired) electrons. The number of anilines is 1. The lowest BCUT2D eigenvalue weighted by Crippen LogP contribution is -2.37. The van der Waals surface area contributed by atoms with E-state index in [1.54, 1.807) is 28.8 Å². The van der Waals surface area contributed by atoms with Crippen LogP contribution in [0.25, 0.3) is 0 Å². The van der Waals surface area contributed by atoms with Gasteiger partial charge in [0.05, 0.1) is 5.92 Å². The van der Waals surface area contributed by atoms with Crippen LogP contribution in [0, 0.1) is 5.92 Å². The highest BCUT2D eigenvalue weighted by Gasteiger charge is 2.26. The molecule has 1 fully saturated rings. The topological polar surface area (TPSA) is 75.4 Å². The number of hydrogen-bond donors (Lipinski definition) is 1. The molecule has 1 aromatic rings. The zero-order valence-corrected chi connectivity index (χ0v) is 11.2. The van der Waals surface area contributed by atoms with E-state index in [1.165, 1.54) is 0 Å². The van der Waals surface area contributed by atoms with Crippen molar-refractivity contribution in [2.75, 3.05) is 18.0 Å². The normalized spacial score (nSPS) is 16.1. The summed E-state index contributed by atoms with van der Waals surface area (Å²) in [4.78, 5) is 29.1. The van der Waals surface area contributed by atoms with Gasteiger partial charge in [0.1, 0.15) is 0 Å². The first kappa shape index (κ1) is 13.6. The molecule has 1 saturated carbocycles. The number of nitrogens with zero attached hydrogens (tertiary/aromatic N) is 3. The first-order valence-corrected chi connectivity index (χ1v) is 6.59. The maximum absolute atomic E-state index is 12.3.